The minimum absolute atomic E-state index is 0.0508. The standard InChI is InChI=1S/C10H16F3NO2/c1-14-8(15)9(16-2)5-3-7(4-6-9)10(11,12)13/h7H,3-6H2,1-2H3,(H,14,15). The van der Waals surface area contributed by atoms with E-state index in [0.717, 1.165) is 0 Å². The third-order valence-corrected chi connectivity index (χ3v) is 3.29. The molecule has 16 heavy (non-hydrogen) atoms. The summed E-state index contributed by atoms with van der Waals surface area (Å²) in [5, 5.41) is 2.43. The Kier molecular flexibility index (Phi) is 3.83. The van der Waals surface area contributed by atoms with E-state index in [-0.39, 0.29) is 31.6 Å². The normalized spacial score (nSPS) is 31.2. The molecule has 1 aliphatic carbocycles. The highest BCUT2D eigenvalue weighted by molar-refractivity contribution is 5.85. The largest absolute Gasteiger partial charge is 0.391 e. The number of carbonyl (C=O) groups excluding carboxylic acids is 1. The molecule has 0 radical (unpaired) electrons. The summed E-state index contributed by atoms with van der Waals surface area (Å²) in [6.07, 6.45) is -4.03. The lowest BCUT2D eigenvalue weighted by molar-refractivity contribution is -0.196. The highest BCUT2D eigenvalue weighted by Crippen LogP contribution is 2.42. The van der Waals surface area contributed by atoms with E-state index in [9.17, 15) is 18.0 Å². The van der Waals surface area contributed by atoms with Crippen molar-refractivity contribution < 1.29 is 22.7 Å². The van der Waals surface area contributed by atoms with Crippen LogP contribution in [0.5, 0.6) is 0 Å². The second-order valence-electron chi connectivity index (χ2n) is 4.09. The molecule has 0 aromatic carbocycles. The van der Waals surface area contributed by atoms with Gasteiger partial charge in [-0.25, -0.2) is 0 Å². The molecular formula is C10H16F3NO2. The van der Waals surface area contributed by atoms with Gasteiger partial charge in [-0.15, -0.1) is 0 Å². The van der Waals surface area contributed by atoms with Gasteiger partial charge in [0.15, 0.2) is 0 Å². The number of rotatable bonds is 2. The molecule has 0 bridgehead atoms. The Morgan fingerprint density at radius 1 is 1.38 bits per heavy atom. The van der Waals surface area contributed by atoms with Crippen LogP contribution in [0.4, 0.5) is 13.2 Å². The predicted octanol–water partition coefficient (Wildman–Crippen LogP) is 1.87. The number of methoxy groups -OCH3 is 1. The van der Waals surface area contributed by atoms with Crippen molar-refractivity contribution in [3.05, 3.63) is 0 Å². The molecule has 1 rings (SSSR count). The van der Waals surface area contributed by atoms with E-state index in [4.69, 9.17) is 4.74 Å². The summed E-state index contributed by atoms with van der Waals surface area (Å²) >= 11 is 0. The average Bonchev–Trinajstić information content (AvgIpc) is 2.26. The topological polar surface area (TPSA) is 38.3 Å². The zero-order chi connectivity index (χ0) is 12.4. The van der Waals surface area contributed by atoms with E-state index in [2.05, 4.69) is 5.32 Å². The molecule has 0 aromatic heterocycles. The number of likely N-dealkylation sites (N-methyl/N-ethyl adjacent to an activating group) is 1. The Labute approximate surface area is 92.3 Å². The Hall–Kier alpha value is -0.780. The molecule has 0 aliphatic heterocycles. The van der Waals surface area contributed by atoms with E-state index in [1.807, 2.05) is 0 Å². The molecule has 0 spiro atoms. The second kappa shape index (κ2) is 4.61. The molecule has 0 heterocycles. The molecule has 0 aromatic rings. The lowest BCUT2D eigenvalue weighted by Gasteiger charge is -2.37. The maximum Gasteiger partial charge on any atom is 0.391 e. The summed E-state index contributed by atoms with van der Waals surface area (Å²) in [6, 6.07) is 0. The summed E-state index contributed by atoms with van der Waals surface area (Å²) in [7, 11) is 2.82. The van der Waals surface area contributed by atoms with Crippen LogP contribution in [0.15, 0.2) is 0 Å². The molecule has 0 unspecified atom stereocenters. The van der Waals surface area contributed by atoms with Crippen LogP contribution in [0.3, 0.4) is 0 Å². The minimum Gasteiger partial charge on any atom is -0.368 e. The minimum atomic E-state index is -4.16. The molecule has 1 aliphatic rings. The van der Waals surface area contributed by atoms with Crippen LogP contribution in [0, 0.1) is 5.92 Å². The summed E-state index contributed by atoms with van der Waals surface area (Å²) < 4.78 is 42.4. The van der Waals surface area contributed by atoms with Crippen molar-refractivity contribution in [3.8, 4) is 0 Å². The van der Waals surface area contributed by atoms with Gasteiger partial charge in [-0.05, 0) is 25.7 Å². The highest BCUT2D eigenvalue weighted by atomic mass is 19.4. The van der Waals surface area contributed by atoms with E-state index < -0.39 is 17.7 Å². The monoisotopic (exact) mass is 239 g/mol. The van der Waals surface area contributed by atoms with Crippen LogP contribution in [0.1, 0.15) is 25.7 Å². The maximum atomic E-state index is 12.4. The van der Waals surface area contributed by atoms with Crippen LogP contribution < -0.4 is 5.32 Å². The van der Waals surface area contributed by atoms with Crippen molar-refractivity contribution in [1.82, 2.24) is 5.32 Å². The van der Waals surface area contributed by atoms with Crippen molar-refractivity contribution >= 4 is 5.91 Å². The van der Waals surface area contributed by atoms with Crippen LogP contribution in [-0.4, -0.2) is 31.8 Å². The van der Waals surface area contributed by atoms with Crippen LogP contribution in [0.2, 0.25) is 0 Å². The number of carbonyl (C=O) groups is 1. The number of amides is 1. The second-order valence-corrected chi connectivity index (χ2v) is 4.09. The molecular weight excluding hydrogens is 223 g/mol. The van der Waals surface area contributed by atoms with Crippen molar-refractivity contribution in [3.63, 3.8) is 0 Å². The van der Waals surface area contributed by atoms with Crippen molar-refractivity contribution in [2.75, 3.05) is 14.2 Å². The van der Waals surface area contributed by atoms with Gasteiger partial charge in [0.1, 0.15) is 5.60 Å². The van der Waals surface area contributed by atoms with Gasteiger partial charge in [-0.3, -0.25) is 4.79 Å². The van der Waals surface area contributed by atoms with E-state index in [0.29, 0.717) is 0 Å². The lowest BCUT2D eigenvalue weighted by Crippen LogP contribution is -2.50. The average molecular weight is 239 g/mol. The summed E-state index contributed by atoms with van der Waals surface area (Å²) in [5.41, 5.74) is -1.07. The predicted molar refractivity (Wildman–Crippen MR) is 51.8 cm³/mol. The third-order valence-electron chi connectivity index (χ3n) is 3.29. The molecule has 0 saturated heterocycles. The van der Waals surface area contributed by atoms with Crippen LogP contribution in [-0.2, 0) is 9.53 Å². The molecule has 6 heteroatoms. The number of hydrogen-bond donors (Lipinski definition) is 1. The first-order valence-corrected chi connectivity index (χ1v) is 5.20. The molecule has 1 fully saturated rings. The quantitative estimate of drug-likeness (QED) is 0.798. The fourth-order valence-electron chi connectivity index (χ4n) is 2.16. The van der Waals surface area contributed by atoms with Crippen molar-refractivity contribution in [1.29, 1.82) is 0 Å². The summed E-state index contributed by atoms with van der Waals surface area (Å²) in [6.45, 7) is 0. The van der Waals surface area contributed by atoms with Crippen LogP contribution >= 0.6 is 0 Å². The van der Waals surface area contributed by atoms with Crippen molar-refractivity contribution in [2.24, 2.45) is 5.92 Å². The molecule has 94 valence electrons. The van der Waals surface area contributed by atoms with Gasteiger partial charge < -0.3 is 10.1 Å². The van der Waals surface area contributed by atoms with Gasteiger partial charge in [0.05, 0.1) is 5.92 Å². The Morgan fingerprint density at radius 2 is 1.88 bits per heavy atom. The van der Waals surface area contributed by atoms with Gasteiger partial charge in [-0.1, -0.05) is 0 Å². The van der Waals surface area contributed by atoms with Gasteiger partial charge in [0.2, 0.25) is 0 Å². The smallest absolute Gasteiger partial charge is 0.368 e. The molecule has 0 atom stereocenters. The summed E-state index contributed by atoms with van der Waals surface area (Å²) in [5.74, 6) is -1.64. The lowest BCUT2D eigenvalue weighted by atomic mass is 9.78. The Balaban J connectivity index is 2.68. The zero-order valence-electron chi connectivity index (χ0n) is 9.36. The first-order chi connectivity index (χ1) is 7.35. The number of hydrogen-bond acceptors (Lipinski definition) is 2. The van der Waals surface area contributed by atoms with E-state index in [1.54, 1.807) is 0 Å². The summed E-state index contributed by atoms with van der Waals surface area (Å²) in [4.78, 5) is 11.6. The number of nitrogens with one attached hydrogen (secondary N) is 1. The van der Waals surface area contributed by atoms with Crippen molar-refractivity contribution in [2.45, 2.75) is 37.5 Å². The molecule has 1 saturated carbocycles. The van der Waals surface area contributed by atoms with Crippen LogP contribution in [0.25, 0.3) is 0 Å². The zero-order valence-corrected chi connectivity index (χ0v) is 9.36. The molecule has 3 nitrogen and oxygen atoms in total. The fraction of sp³-hybridized carbons (Fsp3) is 0.900. The van der Waals surface area contributed by atoms with Gasteiger partial charge in [0, 0.05) is 14.2 Å². The highest BCUT2D eigenvalue weighted by Gasteiger charge is 2.48. The number of ether oxygens (including phenoxy) is 1. The third kappa shape index (κ3) is 2.48. The first kappa shape index (κ1) is 13.3. The first-order valence-electron chi connectivity index (χ1n) is 5.20. The molecule has 1 N–H and O–H groups in total. The van der Waals surface area contributed by atoms with Gasteiger partial charge in [0.25, 0.3) is 5.91 Å². The number of alkyl halides is 3. The fourth-order valence-corrected chi connectivity index (χ4v) is 2.16. The SMILES string of the molecule is CNC(=O)C1(OC)CCC(C(F)(F)F)CC1. The van der Waals surface area contributed by atoms with E-state index in [1.165, 1.54) is 14.2 Å². The Bertz CT molecular complexity index is 257. The van der Waals surface area contributed by atoms with Gasteiger partial charge in [-0.2, -0.15) is 13.2 Å². The Morgan fingerprint density at radius 3 is 2.19 bits per heavy atom. The van der Waals surface area contributed by atoms with E-state index >= 15 is 0 Å². The van der Waals surface area contributed by atoms with Gasteiger partial charge >= 0.3 is 6.18 Å². The maximum absolute atomic E-state index is 12.4. The molecule has 1 amide bonds. The number of halogens is 3.